The monoisotopic (exact) mass is 420 g/mol. The van der Waals surface area contributed by atoms with Gasteiger partial charge in [-0.1, -0.05) is 13.0 Å². The van der Waals surface area contributed by atoms with Gasteiger partial charge in [-0.3, -0.25) is 9.59 Å². The first-order valence-electron chi connectivity index (χ1n) is 10.8. The van der Waals surface area contributed by atoms with E-state index in [0.717, 1.165) is 11.9 Å². The smallest absolute Gasteiger partial charge is 0.309 e. The molecule has 4 fully saturated rings. The van der Waals surface area contributed by atoms with Crippen molar-refractivity contribution in [2.24, 2.45) is 34.0 Å². The molecule has 4 rings (SSSR count). The number of hydrogen-bond donors (Lipinski definition) is 1. The molecule has 7 heteroatoms. The van der Waals surface area contributed by atoms with Crippen LogP contribution in [-0.2, 0) is 28.6 Å². The van der Waals surface area contributed by atoms with Gasteiger partial charge in [0, 0.05) is 18.4 Å². The largest absolute Gasteiger partial charge is 0.481 e. The van der Waals surface area contributed by atoms with Crippen LogP contribution in [0.5, 0.6) is 0 Å². The van der Waals surface area contributed by atoms with E-state index < -0.39 is 45.6 Å². The predicted molar refractivity (Wildman–Crippen MR) is 106 cm³/mol. The summed E-state index contributed by atoms with van der Waals surface area (Å²) < 4.78 is 16.5. The van der Waals surface area contributed by atoms with Crippen LogP contribution in [-0.4, -0.2) is 49.9 Å². The van der Waals surface area contributed by atoms with Gasteiger partial charge in [-0.25, -0.2) is 0 Å². The number of carboxylic acid groups (broad SMARTS) is 1. The molecule has 0 unspecified atom stereocenters. The molecule has 0 radical (unpaired) electrons. The van der Waals surface area contributed by atoms with Crippen molar-refractivity contribution < 1.29 is 33.7 Å². The molecule has 0 aromatic heterocycles. The van der Waals surface area contributed by atoms with Crippen molar-refractivity contribution in [3.8, 4) is 0 Å². The van der Waals surface area contributed by atoms with E-state index in [9.17, 15) is 19.5 Å². The molecule has 4 aliphatic carbocycles. The second kappa shape index (κ2) is 6.89. The minimum atomic E-state index is -1.16. The Kier molecular flexibility index (Phi) is 4.94. The molecule has 0 aliphatic heterocycles. The molecule has 0 amide bonds. The average Bonchev–Trinajstić information content (AvgIpc) is 3.11. The lowest BCUT2D eigenvalue weighted by Crippen LogP contribution is -2.52. The minimum absolute atomic E-state index is 0.0888. The third-order valence-electron chi connectivity index (χ3n) is 9.12. The van der Waals surface area contributed by atoms with Gasteiger partial charge in [-0.15, -0.1) is 0 Å². The molecule has 30 heavy (non-hydrogen) atoms. The van der Waals surface area contributed by atoms with Crippen LogP contribution in [0.3, 0.4) is 0 Å². The van der Waals surface area contributed by atoms with Crippen LogP contribution in [0, 0.1) is 34.0 Å². The van der Waals surface area contributed by atoms with Gasteiger partial charge in [0.2, 0.25) is 0 Å². The second-order valence-corrected chi connectivity index (χ2v) is 10.1. The topological polar surface area (TPSA) is 99.1 Å². The van der Waals surface area contributed by atoms with Crippen LogP contribution >= 0.6 is 0 Å². The summed E-state index contributed by atoms with van der Waals surface area (Å²) in [6, 6.07) is 0. The van der Waals surface area contributed by atoms with Crippen LogP contribution < -0.4 is 0 Å². The first-order valence-corrected chi connectivity index (χ1v) is 10.8. The van der Waals surface area contributed by atoms with Crippen LogP contribution in [0.1, 0.15) is 51.9 Å². The molecule has 0 heterocycles. The zero-order valence-corrected chi connectivity index (χ0v) is 18.1. The first kappa shape index (κ1) is 21.5. The first-order chi connectivity index (χ1) is 14.2. The number of carbonyl (C=O) groups excluding carboxylic acids is 2. The van der Waals surface area contributed by atoms with Crippen molar-refractivity contribution >= 4 is 18.2 Å². The van der Waals surface area contributed by atoms with Gasteiger partial charge in [0.15, 0.2) is 0 Å². The van der Waals surface area contributed by atoms with Gasteiger partial charge >= 0.3 is 11.9 Å². The number of aldehydes is 1. The van der Waals surface area contributed by atoms with Gasteiger partial charge in [0.1, 0.15) is 13.1 Å². The molecule has 0 aromatic rings. The second-order valence-electron chi connectivity index (χ2n) is 10.1. The zero-order chi connectivity index (χ0) is 21.9. The van der Waals surface area contributed by atoms with E-state index in [4.69, 9.17) is 14.2 Å². The van der Waals surface area contributed by atoms with Crippen LogP contribution in [0.25, 0.3) is 0 Å². The number of methoxy groups -OCH3 is 2. The van der Waals surface area contributed by atoms with Gasteiger partial charge in [-0.05, 0) is 62.4 Å². The highest BCUT2D eigenvalue weighted by Crippen LogP contribution is 2.78. The Labute approximate surface area is 177 Å². The summed E-state index contributed by atoms with van der Waals surface area (Å²) in [5, 5.41) is 10.2. The lowest BCUT2D eigenvalue weighted by Gasteiger charge is -2.49. The predicted octanol–water partition coefficient (Wildman–Crippen LogP) is 2.97. The van der Waals surface area contributed by atoms with E-state index in [1.807, 2.05) is 0 Å². The van der Waals surface area contributed by atoms with Crippen molar-refractivity contribution in [2.75, 3.05) is 21.0 Å². The number of carbonyl (C=O) groups is 3. The third kappa shape index (κ3) is 2.42. The van der Waals surface area contributed by atoms with E-state index in [-0.39, 0.29) is 12.7 Å². The standard InChI is InChI=1S/C23H32O7/c1-14-10-22-11-23(14,30-13-28-3)9-6-15(22)21(12-24)8-5-7-20(2,19(26)27)17(21)16(22)18(25)29-4/h12,15-17H,1,5-11,13H2,2-4H3,(H,26,27)/t15-,16+,17+,20+,21+,22-,23-/m0/s1. The SMILES string of the molecule is C=C1C[C@]23C[C@@]1(OCOC)CC[C@H]2[C@]1(C=O)CCC[C@@](C)(C(=O)O)[C@H]1[C@@H]3C(=O)OC. The number of rotatable bonds is 6. The lowest BCUT2D eigenvalue weighted by atomic mass is 9.53. The highest BCUT2D eigenvalue weighted by molar-refractivity contribution is 5.83. The Balaban J connectivity index is 1.91. The maximum atomic E-state index is 13.3. The van der Waals surface area contributed by atoms with Crippen molar-refractivity contribution in [1.29, 1.82) is 0 Å². The highest BCUT2D eigenvalue weighted by atomic mass is 16.7. The summed E-state index contributed by atoms with van der Waals surface area (Å²) in [6.45, 7) is 6.13. The van der Waals surface area contributed by atoms with E-state index in [1.54, 1.807) is 14.0 Å². The van der Waals surface area contributed by atoms with Crippen molar-refractivity contribution in [3.63, 3.8) is 0 Å². The molecule has 0 saturated heterocycles. The zero-order valence-electron chi connectivity index (χ0n) is 18.1. The van der Waals surface area contributed by atoms with Crippen molar-refractivity contribution in [2.45, 2.75) is 57.5 Å². The van der Waals surface area contributed by atoms with E-state index in [2.05, 4.69) is 6.58 Å². The molecule has 1 spiro atoms. The summed E-state index contributed by atoms with van der Waals surface area (Å²) in [6.07, 6.45) is 5.19. The van der Waals surface area contributed by atoms with Crippen LogP contribution in [0.15, 0.2) is 12.2 Å². The Hall–Kier alpha value is -1.73. The molecule has 166 valence electrons. The van der Waals surface area contributed by atoms with Gasteiger partial charge < -0.3 is 24.1 Å². The number of hydrogen-bond acceptors (Lipinski definition) is 6. The molecule has 4 saturated carbocycles. The van der Waals surface area contributed by atoms with Gasteiger partial charge in [0.05, 0.1) is 24.0 Å². The van der Waals surface area contributed by atoms with Crippen molar-refractivity contribution in [1.82, 2.24) is 0 Å². The van der Waals surface area contributed by atoms with E-state index in [1.165, 1.54) is 7.11 Å². The fourth-order valence-electron chi connectivity index (χ4n) is 8.11. The number of aliphatic carboxylic acids is 1. The Morgan fingerprint density at radius 2 is 2.00 bits per heavy atom. The summed E-state index contributed by atoms with van der Waals surface area (Å²) in [5.74, 6) is -2.73. The molecule has 2 bridgehead atoms. The quantitative estimate of drug-likeness (QED) is 0.305. The maximum absolute atomic E-state index is 13.3. The summed E-state index contributed by atoms with van der Waals surface area (Å²) in [4.78, 5) is 38.5. The summed E-state index contributed by atoms with van der Waals surface area (Å²) in [7, 11) is 2.91. The summed E-state index contributed by atoms with van der Waals surface area (Å²) >= 11 is 0. The molecule has 4 aliphatic rings. The fraction of sp³-hybridized carbons (Fsp3) is 0.783. The number of ether oxygens (including phenoxy) is 3. The van der Waals surface area contributed by atoms with Crippen molar-refractivity contribution in [3.05, 3.63) is 12.2 Å². The normalized spacial score (nSPS) is 46.8. The Morgan fingerprint density at radius 3 is 2.60 bits per heavy atom. The molecular formula is C23H32O7. The third-order valence-corrected chi connectivity index (χ3v) is 9.12. The Morgan fingerprint density at radius 1 is 1.27 bits per heavy atom. The lowest BCUT2D eigenvalue weighted by molar-refractivity contribution is -0.168. The van der Waals surface area contributed by atoms with E-state index >= 15 is 0 Å². The van der Waals surface area contributed by atoms with Gasteiger partial charge in [-0.2, -0.15) is 0 Å². The van der Waals surface area contributed by atoms with Crippen LogP contribution in [0.2, 0.25) is 0 Å². The van der Waals surface area contributed by atoms with Crippen LogP contribution in [0.4, 0.5) is 0 Å². The fourth-order valence-corrected chi connectivity index (χ4v) is 8.11. The number of fused-ring (bicyclic) bond motifs is 3. The minimum Gasteiger partial charge on any atom is -0.481 e. The molecule has 0 aromatic carbocycles. The highest BCUT2D eigenvalue weighted by Gasteiger charge is 2.78. The molecule has 1 N–H and O–H groups in total. The molecule has 7 nitrogen and oxygen atoms in total. The maximum Gasteiger partial charge on any atom is 0.309 e. The Bertz CT molecular complexity index is 792. The molecule has 7 atom stereocenters. The van der Waals surface area contributed by atoms with E-state index in [0.29, 0.717) is 44.9 Å². The molecular weight excluding hydrogens is 388 g/mol. The summed E-state index contributed by atoms with van der Waals surface area (Å²) in [5.41, 5.74) is -2.28. The van der Waals surface area contributed by atoms with Gasteiger partial charge in [0.25, 0.3) is 0 Å². The number of carboxylic acids is 1. The number of esters is 1. The average molecular weight is 421 g/mol.